The van der Waals surface area contributed by atoms with Gasteiger partial charge in [0.15, 0.2) is 18.1 Å². The number of ether oxygens (including phenoxy) is 2. The molecule has 0 unspecified atom stereocenters. The van der Waals surface area contributed by atoms with Crippen LogP contribution in [-0.2, 0) is 0 Å². The van der Waals surface area contributed by atoms with E-state index in [1.807, 2.05) is 6.07 Å². The van der Waals surface area contributed by atoms with Crippen LogP contribution >= 0.6 is 0 Å². The smallest absolute Gasteiger partial charge is 0.231 e. The van der Waals surface area contributed by atoms with E-state index in [-0.39, 0.29) is 23.9 Å². The van der Waals surface area contributed by atoms with Crippen LogP contribution in [0.1, 0.15) is 26.3 Å². The maximum Gasteiger partial charge on any atom is 0.231 e. The van der Waals surface area contributed by atoms with E-state index in [9.17, 15) is 14.0 Å². The van der Waals surface area contributed by atoms with E-state index < -0.39 is 5.82 Å². The highest BCUT2D eigenvalue weighted by Crippen LogP contribution is 2.35. The topological polar surface area (TPSA) is 52.6 Å². The molecule has 1 aliphatic rings. The Balaban J connectivity index is 1.49. The lowest BCUT2D eigenvalue weighted by Gasteiger charge is -2.06. The third kappa shape index (κ3) is 3.69. The zero-order valence-electron chi connectivity index (χ0n) is 14.7. The lowest BCUT2D eigenvalue weighted by molar-refractivity contribution is 0.0921. The Morgan fingerprint density at radius 1 is 1.00 bits per heavy atom. The first-order valence-corrected chi connectivity index (χ1v) is 8.65. The summed E-state index contributed by atoms with van der Waals surface area (Å²) in [5, 5.41) is 0. The second kappa shape index (κ2) is 7.48. The van der Waals surface area contributed by atoms with Crippen LogP contribution in [0, 0.1) is 5.82 Å². The molecule has 0 saturated heterocycles. The van der Waals surface area contributed by atoms with Crippen LogP contribution in [-0.4, -0.2) is 18.2 Å². The number of benzene rings is 3. The zero-order valence-corrected chi connectivity index (χ0v) is 14.7. The summed E-state index contributed by atoms with van der Waals surface area (Å²) in [7, 11) is 0. The molecule has 4 rings (SSSR count). The summed E-state index contributed by atoms with van der Waals surface area (Å²) in [4.78, 5) is 24.6. The van der Waals surface area contributed by atoms with Gasteiger partial charge in [0, 0.05) is 11.6 Å². The van der Waals surface area contributed by atoms with E-state index in [0.717, 1.165) is 0 Å². The Labute approximate surface area is 160 Å². The van der Waals surface area contributed by atoms with Gasteiger partial charge >= 0.3 is 0 Å². The average Bonchev–Trinajstić information content (AvgIpc) is 3.01. The molecule has 0 amide bonds. The first-order valence-electron chi connectivity index (χ1n) is 8.65. The van der Waals surface area contributed by atoms with Gasteiger partial charge in [-0.25, -0.2) is 4.39 Å². The van der Waals surface area contributed by atoms with Crippen LogP contribution in [0.2, 0.25) is 0 Å². The quantitative estimate of drug-likeness (QED) is 0.480. The lowest BCUT2D eigenvalue weighted by Crippen LogP contribution is -2.11. The maximum atomic E-state index is 13.3. The fourth-order valence-electron chi connectivity index (χ4n) is 2.86. The molecule has 5 heteroatoms. The minimum Gasteiger partial charge on any atom is -0.485 e. The van der Waals surface area contributed by atoms with E-state index in [4.69, 9.17) is 9.47 Å². The Hall–Kier alpha value is -3.73. The Morgan fingerprint density at radius 3 is 2.61 bits per heavy atom. The van der Waals surface area contributed by atoms with E-state index >= 15 is 0 Å². The number of Topliss-reactive ketones (excluding diaryl/α,β-unsaturated/α-hetero) is 2. The van der Waals surface area contributed by atoms with E-state index in [2.05, 4.69) is 0 Å². The molecule has 1 aliphatic heterocycles. The third-order valence-corrected chi connectivity index (χ3v) is 4.25. The first kappa shape index (κ1) is 17.7. The van der Waals surface area contributed by atoms with Gasteiger partial charge in [-0.3, -0.25) is 9.59 Å². The minimum absolute atomic E-state index is 0.109. The molecule has 0 aliphatic carbocycles. The van der Waals surface area contributed by atoms with Crippen molar-refractivity contribution >= 4 is 17.6 Å². The molecule has 0 atom stereocenters. The molecule has 0 spiro atoms. The Kier molecular flexibility index (Phi) is 4.72. The lowest BCUT2D eigenvalue weighted by atomic mass is 10.1. The number of allylic oxidation sites excluding steroid dienone is 1. The van der Waals surface area contributed by atoms with Gasteiger partial charge in [-0.1, -0.05) is 42.5 Å². The summed E-state index contributed by atoms with van der Waals surface area (Å²) in [6.07, 6.45) is 1.49. The molecule has 3 aromatic carbocycles. The fraction of sp³-hybridized carbons (Fsp3) is 0.0435. The van der Waals surface area contributed by atoms with Gasteiger partial charge < -0.3 is 9.47 Å². The number of ketones is 2. The fourth-order valence-corrected chi connectivity index (χ4v) is 2.86. The maximum absolute atomic E-state index is 13.3. The summed E-state index contributed by atoms with van der Waals surface area (Å²) in [5.74, 6) is 0.0466. The molecule has 0 radical (unpaired) electrons. The van der Waals surface area contributed by atoms with Crippen LogP contribution in [0.5, 0.6) is 11.5 Å². The molecule has 0 N–H and O–H groups in total. The highest BCUT2D eigenvalue weighted by atomic mass is 19.1. The monoisotopic (exact) mass is 374 g/mol. The van der Waals surface area contributed by atoms with Crippen molar-refractivity contribution in [2.75, 3.05) is 6.61 Å². The summed E-state index contributed by atoms with van der Waals surface area (Å²) in [5.41, 5.74) is 1.49. The summed E-state index contributed by atoms with van der Waals surface area (Å²) >= 11 is 0. The predicted octanol–water partition coefficient (Wildman–Crippen LogP) is 4.70. The van der Waals surface area contributed by atoms with Crippen LogP contribution < -0.4 is 9.47 Å². The van der Waals surface area contributed by atoms with E-state index in [0.29, 0.717) is 28.2 Å². The molecule has 138 valence electrons. The van der Waals surface area contributed by atoms with Gasteiger partial charge in [0.2, 0.25) is 5.78 Å². The van der Waals surface area contributed by atoms with Gasteiger partial charge in [0.05, 0.1) is 5.56 Å². The molecule has 3 aromatic rings. The van der Waals surface area contributed by atoms with Crippen molar-refractivity contribution in [2.24, 2.45) is 0 Å². The molecule has 0 fully saturated rings. The molecular formula is C23H15FO4. The second-order valence-corrected chi connectivity index (χ2v) is 6.23. The average molecular weight is 374 g/mol. The number of carbonyl (C=O) groups excluding carboxylic acids is 2. The number of rotatable bonds is 5. The van der Waals surface area contributed by atoms with Gasteiger partial charge in [-0.05, 0) is 35.9 Å². The van der Waals surface area contributed by atoms with Gasteiger partial charge in [0.25, 0.3) is 0 Å². The van der Waals surface area contributed by atoms with Crippen molar-refractivity contribution in [3.63, 3.8) is 0 Å². The normalized spacial score (nSPS) is 13.9. The first-order chi connectivity index (χ1) is 13.6. The second-order valence-electron chi connectivity index (χ2n) is 6.23. The minimum atomic E-state index is -0.393. The summed E-state index contributed by atoms with van der Waals surface area (Å²) < 4.78 is 24.5. The van der Waals surface area contributed by atoms with Crippen molar-refractivity contribution in [2.45, 2.75) is 0 Å². The largest absolute Gasteiger partial charge is 0.485 e. The van der Waals surface area contributed by atoms with Crippen molar-refractivity contribution in [1.82, 2.24) is 0 Å². The third-order valence-electron chi connectivity index (χ3n) is 4.25. The van der Waals surface area contributed by atoms with E-state index in [1.54, 1.807) is 54.6 Å². The SMILES string of the molecule is O=C(COc1ccc2c(c1)O/C(=C\c1cccc(F)c1)C2=O)c1ccccc1. The van der Waals surface area contributed by atoms with Crippen LogP contribution in [0.4, 0.5) is 4.39 Å². The summed E-state index contributed by atoms with van der Waals surface area (Å²) in [6, 6.07) is 19.5. The molecule has 0 bridgehead atoms. The highest BCUT2D eigenvalue weighted by Gasteiger charge is 2.27. The zero-order chi connectivity index (χ0) is 19.5. The Bertz CT molecular complexity index is 1090. The molecule has 28 heavy (non-hydrogen) atoms. The highest BCUT2D eigenvalue weighted by molar-refractivity contribution is 6.14. The predicted molar refractivity (Wildman–Crippen MR) is 102 cm³/mol. The van der Waals surface area contributed by atoms with Crippen molar-refractivity contribution in [1.29, 1.82) is 0 Å². The molecule has 0 aromatic heterocycles. The molecule has 1 heterocycles. The molecule has 4 nitrogen and oxygen atoms in total. The van der Waals surface area contributed by atoms with Gasteiger partial charge in [-0.2, -0.15) is 0 Å². The number of hydrogen-bond acceptors (Lipinski definition) is 4. The van der Waals surface area contributed by atoms with Crippen LogP contribution in [0.25, 0.3) is 6.08 Å². The van der Waals surface area contributed by atoms with Gasteiger partial charge in [0.1, 0.15) is 17.3 Å². The number of hydrogen-bond donors (Lipinski definition) is 0. The molecular weight excluding hydrogens is 359 g/mol. The van der Waals surface area contributed by atoms with Crippen LogP contribution in [0.3, 0.4) is 0 Å². The standard InChI is InChI=1S/C23H15FO4/c24-17-8-4-5-15(11-17)12-22-23(26)19-10-9-18(13-21(19)28-22)27-14-20(25)16-6-2-1-3-7-16/h1-13H,14H2/b22-12-. The van der Waals surface area contributed by atoms with Gasteiger partial charge in [-0.15, -0.1) is 0 Å². The number of carbonyl (C=O) groups is 2. The van der Waals surface area contributed by atoms with Crippen LogP contribution in [0.15, 0.2) is 78.6 Å². The number of halogens is 1. The Morgan fingerprint density at radius 2 is 1.82 bits per heavy atom. The van der Waals surface area contributed by atoms with Crippen molar-refractivity contribution in [3.05, 3.63) is 101 Å². The molecule has 0 saturated carbocycles. The number of fused-ring (bicyclic) bond motifs is 1. The summed E-state index contributed by atoms with van der Waals surface area (Å²) in [6.45, 7) is -0.122. The van der Waals surface area contributed by atoms with Crippen molar-refractivity contribution < 1.29 is 23.5 Å². The van der Waals surface area contributed by atoms with E-state index in [1.165, 1.54) is 18.2 Å². The van der Waals surface area contributed by atoms with Crippen molar-refractivity contribution in [3.8, 4) is 11.5 Å².